The first kappa shape index (κ1) is 37.6. The molecule has 0 aliphatic carbocycles. The first-order chi connectivity index (χ1) is 23.3. The van der Waals surface area contributed by atoms with Crippen molar-refractivity contribution < 1.29 is 39.2 Å². The van der Waals surface area contributed by atoms with Crippen molar-refractivity contribution in [2.45, 2.75) is 13.8 Å². The maximum Gasteiger partial charge on any atom is 3.00 e. The number of pyridine rings is 3. The van der Waals surface area contributed by atoms with Gasteiger partial charge >= 0.3 is 32.0 Å². The molecule has 6 aromatic rings. The number of nitrogens with zero attached hydrogens (tertiary/aromatic N) is 3. The second-order valence-corrected chi connectivity index (χ2v) is 10.1. The van der Waals surface area contributed by atoms with Crippen LogP contribution in [0.25, 0.3) is 33.8 Å². The van der Waals surface area contributed by atoms with E-state index in [4.69, 9.17) is 9.47 Å². The Labute approximate surface area is 300 Å². The predicted molar refractivity (Wildman–Crippen MR) is 186 cm³/mol. The van der Waals surface area contributed by atoms with Crippen LogP contribution >= 0.6 is 0 Å². The molecule has 6 rings (SSSR count). The summed E-state index contributed by atoms with van der Waals surface area (Å²) in [5, 5.41) is 0. The maximum absolute atomic E-state index is 11.3. The number of aromatic nitrogens is 3. The molecule has 0 saturated carbocycles. The first-order valence-electron chi connectivity index (χ1n) is 14.8. The Bertz CT molecular complexity index is 1770. The molecule has 7 nitrogen and oxygen atoms in total. The molecule has 0 aliphatic heterocycles. The standard InChI is InChI=1S/2C15H12NO2.C11H8N.Ir/c2*1-11(2)15(17)18-13-8-6-12(7-9-13)14-5-3-4-10-16-14;1-2-6-10(7-3-1)11-8-4-5-9-12-11;/h2*3-6,8-10H,1H2,2H3;1-6,8-9H;/q3*-1;+3. The van der Waals surface area contributed by atoms with E-state index >= 15 is 0 Å². The van der Waals surface area contributed by atoms with Crippen molar-refractivity contribution in [2.75, 3.05) is 0 Å². The van der Waals surface area contributed by atoms with Gasteiger partial charge in [-0.1, -0.05) is 49.6 Å². The Morgan fingerprint density at radius 3 is 1.20 bits per heavy atom. The first-order valence-corrected chi connectivity index (χ1v) is 14.8. The smallest absolute Gasteiger partial charge is 0.471 e. The fourth-order valence-electron chi connectivity index (χ4n) is 3.77. The van der Waals surface area contributed by atoms with Gasteiger partial charge in [0.15, 0.2) is 0 Å². The average Bonchev–Trinajstić information content (AvgIpc) is 3.14. The van der Waals surface area contributed by atoms with Crippen molar-refractivity contribution in [1.29, 1.82) is 0 Å². The van der Waals surface area contributed by atoms with Crippen LogP contribution in [0.15, 0.2) is 158 Å². The van der Waals surface area contributed by atoms with E-state index < -0.39 is 11.9 Å². The Morgan fingerprint density at radius 1 is 0.531 bits per heavy atom. The van der Waals surface area contributed by atoms with E-state index in [-0.39, 0.29) is 20.1 Å². The minimum atomic E-state index is -0.436. The number of carbonyl (C=O) groups excluding carboxylic acids is 2. The fourth-order valence-corrected chi connectivity index (χ4v) is 3.77. The molecule has 3 aromatic heterocycles. The van der Waals surface area contributed by atoms with E-state index in [0.29, 0.717) is 22.6 Å². The van der Waals surface area contributed by atoms with Crippen molar-refractivity contribution >= 4 is 11.9 Å². The summed E-state index contributed by atoms with van der Waals surface area (Å²) in [6, 6.07) is 44.5. The number of ether oxygens (including phenoxy) is 2. The van der Waals surface area contributed by atoms with Gasteiger partial charge < -0.3 is 24.4 Å². The summed E-state index contributed by atoms with van der Waals surface area (Å²) in [4.78, 5) is 35.3. The Balaban J connectivity index is 0.000000201. The van der Waals surface area contributed by atoms with E-state index in [1.54, 1.807) is 56.7 Å². The molecular formula is C41H32IrN3O4. The number of carbonyl (C=O) groups is 2. The third-order valence-electron chi connectivity index (χ3n) is 6.22. The Kier molecular flexibility index (Phi) is 15.2. The molecule has 0 radical (unpaired) electrons. The normalized spacial score (nSPS) is 9.59. The van der Waals surface area contributed by atoms with Gasteiger partial charge in [-0.15, -0.1) is 95.6 Å². The number of esters is 2. The number of benzene rings is 3. The van der Waals surface area contributed by atoms with Crippen LogP contribution in [0.3, 0.4) is 0 Å². The number of hydrogen-bond donors (Lipinski definition) is 0. The zero-order chi connectivity index (χ0) is 34.1. The van der Waals surface area contributed by atoms with Gasteiger partial charge in [-0.05, 0) is 49.1 Å². The molecule has 0 bridgehead atoms. The predicted octanol–water partition coefficient (Wildman–Crippen LogP) is 8.61. The maximum atomic E-state index is 11.3. The minimum absolute atomic E-state index is 0. The van der Waals surface area contributed by atoms with Crippen LogP contribution in [0.2, 0.25) is 0 Å². The van der Waals surface area contributed by atoms with Crippen molar-refractivity contribution in [2.24, 2.45) is 0 Å². The van der Waals surface area contributed by atoms with Gasteiger partial charge in [-0.25, -0.2) is 9.59 Å². The van der Waals surface area contributed by atoms with Gasteiger partial charge in [0, 0.05) is 41.2 Å². The van der Waals surface area contributed by atoms with Crippen LogP contribution in [-0.4, -0.2) is 26.9 Å². The zero-order valence-corrected chi connectivity index (χ0v) is 29.3. The minimum Gasteiger partial charge on any atom is -0.471 e. The van der Waals surface area contributed by atoms with Gasteiger partial charge in [0.05, 0.1) is 0 Å². The Hall–Kier alpha value is -5.82. The largest absolute Gasteiger partial charge is 3.00 e. The van der Waals surface area contributed by atoms with E-state index in [1.807, 2.05) is 91.0 Å². The van der Waals surface area contributed by atoms with Crippen molar-refractivity contribution in [3.8, 4) is 45.3 Å². The summed E-state index contributed by atoms with van der Waals surface area (Å²) < 4.78 is 10.2. The average molecular weight is 823 g/mol. The molecule has 0 saturated heterocycles. The monoisotopic (exact) mass is 823 g/mol. The summed E-state index contributed by atoms with van der Waals surface area (Å²) in [5.74, 6) is 0.0216. The van der Waals surface area contributed by atoms with Gasteiger partial charge in [0.1, 0.15) is 0 Å². The van der Waals surface area contributed by atoms with Crippen molar-refractivity contribution in [1.82, 2.24) is 15.0 Å². The summed E-state index contributed by atoms with van der Waals surface area (Å²) in [6.07, 6.45) is 5.23. The van der Waals surface area contributed by atoms with Crippen LogP contribution in [0.5, 0.6) is 11.5 Å². The molecule has 244 valence electrons. The van der Waals surface area contributed by atoms with Crippen molar-refractivity contribution in [3.05, 3.63) is 176 Å². The van der Waals surface area contributed by atoms with Gasteiger partial charge in [-0.3, -0.25) is 0 Å². The number of rotatable bonds is 7. The van der Waals surface area contributed by atoms with Crippen LogP contribution in [-0.2, 0) is 29.7 Å². The summed E-state index contributed by atoms with van der Waals surface area (Å²) in [5.41, 5.74) is 6.10. The Morgan fingerprint density at radius 2 is 0.918 bits per heavy atom. The zero-order valence-electron chi connectivity index (χ0n) is 26.9. The quantitative estimate of drug-likeness (QED) is 0.0690. The SMILES string of the molecule is C=C(C)C(=O)Oc1c[c-]c(-c2ccccn2)cc1.C=C(C)C(=O)Oc1c[c-]c(-c2ccccn2)cc1.[Ir+3].[c-]1ccccc1-c1ccccn1. The molecule has 0 atom stereocenters. The van der Waals surface area contributed by atoms with Gasteiger partial charge in [0.2, 0.25) is 0 Å². The molecule has 0 amide bonds. The van der Waals surface area contributed by atoms with E-state index in [1.165, 1.54) is 0 Å². The number of hydrogen-bond acceptors (Lipinski definition) is 7. The topological polar surface area (TPSA) is 91.3 Å². The van der Waals surface area contributed by atoms with Crippen molar-refractivity contribution in [3.63, 3.8) is 0 Å². The van der Waals surface area contributed by atoms with E-state index in [2.05, 4.69) is 46.3 Å². The summed E-state index contributed by atoms with van der Waals surface area (Å²) >= 11 is 0. The molecule has 0 aliphatic rings. The molecular weight excluding hydrogens is 791 g/mol. The summed E-state index contributed by atoms with van der Waals surface area (Å²) in [7, 11) is 0. The molecule has 0 unspecified atom stereocenters. The van der Waals surface area contributed by atoms with E-state index in [9.17, 15) is 9.59 Å². The van der Waals surface area contributed by atoms with Crippen LogP contribution in [0.4, 0.5) is 0 Å². The molecule has 0 fully saturated rings. The molecule has 3 aromatic carbocycles. The van der Waals surface area contributed by atoms with Gasteiger partial charge in [-0.2, -0.15) is 0 Å². The fraction of sp³-hybridized carbons (Fsp3) is 0.0488. The van der Waals surface area contributed by atoms with Gasteiger partial charge in [0.25, 0.3) is 0 Å². The molecule has 3 heterocycles. The van der Waals surface area contributed by atoms with Crippen LogP contribution < -0.4 is 9.47 Å². The second kappa shape index (κ2) is 19.7. The molecule has 0 N–H and O–H groups in total. The van der Waals surface area contributed by atoms with E-state index in [0.717, 1.165) is 33.8 Å². The van der Waals surface area contributed by atoms with Crippen LogP contribution in [0, 0.1) is 18.2 Å². The molecule has 0 spiro atoms. The summed E-state index contributed by atoms with van der Waals surface area (Å²) in [6.45, 7) is 10.3. The third-order valence-corrected chi connectivity index (χ3v) is 6.22. The second-order valence-electron chi connectivity index (χ2n) is 10.1. The molecule has 49 heavy (non-hydrogen) atoms. The molecule has 8 heteroatoms. The van der Waals surface area contributed by atoms with Crippen LogP contribution in [0.1, 0.15) is 13.8 Å². The third kappa shape index (κ3) is 12.4.